The van der Waals surface area contributed by atoms with Crippen molar-refractivity contribution in [3.63, 3.8) is 0 Å². The average Bonchev–Trinajstić information content (AvgIpc) is 3.28. The fourth-order valence-corrected chi connectivity index (χ4v) is 8.11. The third kappa shape index (κ3) is 49.6. The highest BCUT2D eigenvalue weighted by atomic mass is 31.2. The number of quaternary nitrogens is 1. The normalized spacial score (nSPS) is 14.7. The Kier molecular flexibility index (Phi) is 46.1. The van der Waals surface area contributed by atoms with Gasteiger partial charge in [-0.1, -0.05) is 227 Å². The smallest absolute Gasteiger partial charge is 0.268 e. The van der Waals surface area contributed by atoms with Crippen molar-refractivity contribution in [2.75, 3.05) is 40.9 Å². The molecule has 2 N–H and O–H groups in total. The average molecular weight is 943 g/mol. The van der Waals surface area contributed by atoms with E-state index in [1.807, 2.05) is 27.2 Å². The molecule has 0 rings (SSSR count). The Hall–Kier alpha value is -2.32. The van der Waals surface area contributed by atoms with Gasteiger partial charge in [0.1, 0.15) is 13.2 Å². The van der Waals surface area contributed by atoms with Crippen LogP contribution in [0.1, 0.15) is 219 Å². The van der Waals surface area contributed by atoms with Crippen molar-refractivity contribution < 1.29 is 32.9 Å². The molecule has 0 bridgehead atoms. The highest BCUT2D eigenvalue weighted by Crippen LogP contribution is 2.38. The van der Waals surface area contributed by atoms with Gasteiger partial charge < -0.3 is 28.8 Å². The number of amides is 1. The van der Waals surface area contributed by atoms with Crippen LogP contribution in [-0.4, -0.2) is 68.5 Å². The predicted molar refractivity (Wildman–Crippen MR) is 283 cm³/mol. The first kappa shape index (κ1) is 63.7. The Bertz CT molecular complexity index is 1350. The second-order valence-electron chi connectivity index (χ2n) is 19.2. The molecular formula is C57H103N2O6P. The molecule has 1 amide bonds. The van der Waals surface area contributed by atoms with Gasteiger partial charge in [0.25, 0.3) is 7.82 Å². The summed E-state index contributed by atoms with van der Waals surface area (Å²) in [5.41, 5.74) is 0. The van der Waals surface area contributed by atoms with Crippen LogP contribution in [0.15, 0.2) is 85.1 Å². The maximum absolute atomic E-state index is 12.9. The van der Waals surface area contributed by atoms with Gasteiger partial charge in [-0.3, -0.25) is 9.36 Å². The number of nitrogens with zero attached hydrogens (tertiary/aromatic N) is 1. The molecule has 0 heterocycles. The van der Waals surface area contributed by atoms with E-state index in [9.17, 15) is 19.4 Å². The van der Waals surface area contributed by atoms with Gasteiger partial charge in [-0.25, -0.2) is 0 Å². The number of rotatable bonds is 48. The Morgan fingerprint density at radius 1 is 0.545 bits per heavy atom. The minimum atomic E-state index is -4.60. The molecule has 0 aliphatic heterocycles. The van der Waals surface area contributed by atoms with E-state index in [4.69, 9.17) is 9.05 Å². The number of hydrogen-bond acceptors (Lipinski definition) is 6. The van der Waals surface area contributed by atoms with Gasteiger partial charge in [-0.05, 0) is 70.6 Å². The molecule has 0 spiro atoms. The van der Waals surface area contributed by atoms with E-state index in [0.29, 0.717) is 17.4 Å². The van der Waals surface area contributed by atoms with Crippen LogP contribution in [0.5, 0.6) is 0 Å². The van der Waals surface area contributed by atoms with Crippen LogP contribution in [0.2, 0.25) is 0 Å². The molecule has 8 nitrogen and oxygen atoms in total. The van der Waals surface area contributed by atoms with E-state index >= 15 is 0 Å². The van der Waals surface area contributed by atoms with Crippen LogP contribution in [0.25, 0.3) is 0 Å². The first-order valence-electron chi connectivity index (χ1n) is 26.9. The highest BCUT2D eigenvalue weighted by molar-refractivity contribution is 7.45. The molecule has 0 aromatic rings. The molecule has 0 aliphatic carbocycles. The lowest BCUT2D eigenvalue weighted by atomic mass is 10.0. The van der Waals surface area contributed by atoms with Crippen LogP contribution in [0, 0.1) is 0 Å². The molecule has 0 radical (unpaired) electrons. The molecule has 3 atom stereocenters. The summed E-state index contributed by atoms with van der Waals surface area (Å²) < 4.78 is 23.3. The lowest BCUT2D eigenvalue weighted by molar-refractivity contribution is -0.870. The minimum Gasteiger partial charge on any atom is -0.756 e. The van der Waals surface area contributed by atoms with Crippen molar-refractivity contribution >= 4 is 13.7 Å². The van der Waals surface area contributed by atoms with E-state index < -0.39 is 20.0 Å². The largest absolute Gasteiger partial charge is 0.756 e. The molecule has 0 saturated carbocycles. The number of nitrogens with one attached hydrogen (secondary N) is 1. The van der Waals surface area contributed by atoms with Crippen molar-refractivity contribution in [1.82, 2.24) is 5.32 Å². The second kappa shape index (κ2) is 47.7. The molecule has 0 fully saturated rings. The summed E-state index contributed by atoms with van der Waals surface area (Å²) in [6, 6.07) is -0.896. The molecule has 0 saturated heterocycles. The lowest BCUT2D eigenvalue weighted by Gasteiger charge is -2.29. The summed E-state index contributed by atoms with van der Waals surface area (Å²) in [4.78, 5) is 25.5. The quantitative estimate of drug-likeness (QED) is 0.0272. The monoisotopic (exact) mass is 943 g/mol. The summed E-state index contributed by atoms with van der Waals surface area (Å²) in [5, 5.41) is 13.9. The van der Waals surface area contributed by atoms with E-state index in [-0.39, 0.29) is 19.1 Å². The van der Waals surface area contributed by atoms with E-state index in [2.05, 4.69) is 92.1 Å². The van der Waals surface area contributed by atoms with Crippen LogP contribution in [0.3, 0.4) is 0 Å². The highest BCUT2D eigenvalue weighted by Gasteiger charge is 2.23. The number of likely N-dealkylation sites (N-methyl/N-ethyl adjacent to an activating group) is 1. The Balaban J connectivity index is 4.29. The molecule has 3 unspecified atom stereocenters. The fourth-order valence-electron chi connectivity index (χ4n) is 7.39. The third-order valence-electron chi connectivity index (χ3n) is 11.6. The molecule has 0 aliphatic rings. The maximum Gasteiger partial charge on any atom is 0.268 e. The van der Waals surface area contributed by atoms with E-state index in [0.717, 1.165) is 89.9 Å². The van der Waals surface area contributed by atoms with Crippen LogP contribution in [-0.2, 0) is 18.4 Å². The first-order chi connectivity index (χ1) is 32.0. The van der Waals surface area contributed by atoms with Gasteiger partial charge in [0.15, 0.2) is 0 Å². The maximum atomic E-state index is 12.9. The first-order valence-corrected chi connectivity index (χ1v) is 28.4. The van der Waals surface area contributed by atoms with Crippen molar-refractivity contribution in [3.05, 3.63) is 85.1 Å². The van der Waals surface area contributed by atoms with Crippen LogP contribution in [0.4, 0.5) is 0 Å². The summed E-state index contributed by atoms with van der Waals surface area (Å²) in [6.45, 7) is 4.53. The number of carbonyl (C=O) groups excluding carboxylic acids is 1. The summed E-state index contributed by atoms with van der Waals surface area (Å²) in [6.07, 6.45) is 66.4. The van der Waals surface area contributed by atoms with E-state index in [1.54, 1.807) is 6.08 Å². The van der Waals surface area contributed by atoms with Crippen LogP contribution >= 0.6 is 7.82 Å². The molecule has 0 aromatic carbocycles. The lowest BCUT2D eigenvalue weighted by Crippen LogP contribution is -2.45. The number of allylic oxidation sites excluding steroid dienone is 13. The Morgan fingerprint density at radius 3 is 1.35 bits per heavy atom. The van der Waals surface area contributed by atoms with Crippen molar-refractivity contribution in [1.29, 1.82) is 0 Å². The fraction of sp³-hybridized carbons (Fsp3) is 0.737. The van der Waals surface area contributed by atoms with Crippen molar-refractivity contribution in [2.24, 2.45) is 0 Å². The number of phosphoric acid groups is 1. The number of aliphatic hydroxyl groups excluding tert-OH is 1. The van der Waals surface area contributed by atoms with Gasteiger partial charge in [-0.2, -0.15) is 0 Å². The van der Waals surface area contributed by atoms with Gasteiger partial charge in [-0.15, -0.1) is 0 Å². The zero-order valence-corrected chi connectivity index (χ0v) is 44.3. The summed E-state index contributed by atoms with van der Waals surface area (Å²) >= 11 is 0. The number of aliphatic hydroxyl groups is 1. The zero-order valence-electron chi connectivity index (χ0n) is 43.4. The molecular weight excluding hydrogens is 840 g/mol. The number of carbonyl (C=O) groups is 1. The van der Waals surface area contributed by atoms with Crippen molar-refractivity contribution in [2.45, 2.75) is 231 Å². The van der Waals surface area contributed by atoms with Gasteiger partial charge in [0.05, 0.1) is 39.9 Å². The number of phosphoric ester groups is 1. The van der Waals surface area contributed by atoms with E-state index in [1.165, 1.54) is 109 Å². The minimum absolute atomic E-state index is 0.00661. The zero-order chi connectivity index (χ0) is 48.5. The van der Waals surface area contributed by atoms with Crippen LogP contribution < -0.4 is 10.2 Å². The topological polar surface area (TPSA) is 108 Å². The van der Waals surface area contributed by atoms with Crippen molar-refractivity contribution in [3.8, 4) is 0 Å². The molecule has 66 heavy (non-hydrogen) atoms. The van der Waals surface area contributed by atoms with Gasteiger partial charge in [0.2, 0.25) is 5.91 Å². The Labute approximate surface area is 407 Å². The number of unbranched alkanes of at least 4 members (excludes halogenated alkanes) is 23. The standard InChI is InChI=1S/C57H103N2O6P/c1-6-8-10-12-14-16-18-20-22-24-25-26-27-28-29-30-31-32-33-35-37-39-41-43-45-47-49-51-57(61)58-55(54-65-66(62,63)64-53-52-59(3,4)5)56(60)50-48-46-44-42-40-38-36-34-23-21-19-17-15-13-11-9-7-2/h8,10,14,16,20,22,25-26,28-29,31-32,48,50,55-56,60H,6-7,9,11-13,15,17-19,21,23-24,27,30,33-47,49,51-54H2,1-5H3,(H-,58,61,62,63)/b10-8-,16-14-,22-20-,26-25-,29-28-,32-31-,50-48+. The second-order valence-corrected chi connectivity index (χ2v) is 20.6. The van der Waals surface area contributed by atoms with Gasteiger partial charge in [0, 0.05) is 6.42 Å². The summed E-state index contributed by atoms with van der Waals surface area (Å²) in [5.74, 6) is -0.209. The third-order valence-corrected chi connectivity index (χ3v) is 12.6. The number of hydrogen-bond donors (Lipinski definition) is 2. The molecule has 9 heteroatoms. The molecule has 382 valence electrons. The SMILES string of the molecule is CC/C=C\C/C=C\C/C=C\C/C=C\C/C=C\C/C=C\CCCCCCCCCCC(=O)NC(COP(=O)([O-])OCC[N+](C)(C)C)C(O)/C=C/CCCCCCCCCCCCCCCCC. The summed E-state index contributed by atoms with van der Waals surface area (Å²) in [7, 11) is 1.25. The molecule has 0 aromatic heterocycles. The Morgan fingerprint density at radius 2 is 0.924 bits per heavy atom. The van der Waals surface area contributed by atoms with Gasteiger partial charge >= 0.3 is 0 Å². The predicted octanol–water partition coefficient (Wildman–Crippen LogP) is 15.5.